The van der Waals surface area contributed by atoms with Gasteiger partial charge in [-0.25, -0.2) is 0 Å². The van der Waals surface area contributed by atoms with Crippen LogP contribution in [0.1, 0.15) is 33.1 Å². The van der Waals surface area contributed by atoms with Crippen LogP contribution in [0, 0.1) is 5.92 Å². The van der Waals surface area contributed by atoms with Crippen molar-refractivity contribution in [3.63, 3.8) is 0 Å². The minimum Gasteiger partial charge on any atom is -0.289 e. The molecule has 0 heterocycles. The number of Topliss-reactive ketones (excluding diaryl/α,β-unsaturated/α-hetero) is 4. The topological polar surface area (TPSA) is 231 Å². The molecular formula is C42H34O13S3. The second-order valence-electron chi connectivity index (χ2n) is 14.0. The normalized spacial score (nSPS) is 23.3. The minimum absolute atomic E-state index is 0.220. The van der Waals surface area contributed by atoms with Gasteiger partial charge >= 0.3 is 0 Å². The highest BCUT2D eigenvalue weighted by Crippen LogP contribution is 2.34. The highest BCUT2D eigenvalue weighted by molar-refractivity contribution is 7.90. The van der Waals surface area contributed by atoms with Crippen LogP contribution in [0.2, 0.25) is 0 Å². The molecule has 0 radical (unpaired) electrons. The Bertz CT molecular complexity index is 2840. The predicted octanol–water partition coefficient (Wildman–Crippen LogP) is 5.79. The molecule has 0 unspecified atom stereocenters. The minimum atomic E-state index is -5.09. The zero-order valence-corrected chi connectivity index (χ0v) is 33.2. The maximum Gasteiger partial charge on any atom is 0.294 e. The molecule has 16 heteroatoms. The zero-order chi connectivity index (χ0) is 42.3. The molecule has 8 bridgehead atoms. The summed E-state index contributed by atoms with van der Waals surface area (Å²) >= 11 is 0. The van der Waals surface area contributed by atoms with Gasteiger partial charge in [0.1, 0.15) is 0 Å². The van der Waals surface area contributed by atoms with E-state index in [0.717, 1.165) is 61.3 Å². The first-order chi connectivity index (χ1) is 27.1. The molecule has 0 aromatic carbocycles. The van der Waals surface area contributed by atoms with Crippen molar-refractivity contribution in [3.05, 3.63) is 185 Å². The van der Waals surface area contributed by atoms with Crippen molar-refractivity contribution >= 4 is 53.5 Å². The highest BCUT2D eigenvalue weighted by Gasteiger charge is 2.32. The van der Waals surface area contributed by atoms with Crippen LogP contribution in [0.25, 0.3) is 0 Å². The molecule has 58 heavy (non-hydrogen) atoms. The van der Waals surface area contributed by atoms with Crippen molar-refractivity contribution in [2.45, 2.75) is 33.1 Å². The Kier molecular flexibility index (Phi) is 11.5. The summed E-state index contributed by atoms with van der Waals surface area (Å²) in [7, 11) is -15.2. The first-order valence-electron chi connectivity index (χ1n) is 17.6. The number of ketones is 4. The van der Waals surface area contributed by atoms with Crippen molar-refractivity contribution in [3.8, 4) is 0 Å². The van der Waals surface area contributed by atoms with Crippen LogP contribution >= 0.6 is 0 Å². The van der Waals surface area contributed by atoms with Gasteiger partial charge in [-0.1, -0.05) is 55.9 Å². The van der Waals surface area contributed by atoms with Crippen molar-refractivity contribution in [2.75, 3.05) is 0 Å². The number of hydrogen-bond acceptors (Lipinski definition) is 10. The average molecular weight is 843 g/mol. The van der Waals surface area contributed by atoms with E-state index in [1.165, 1.54) is 17.7 Å². The molecule has 0 saturated carbocycles. The molecule has 298 valence electrons. The lowest BCUT2D eigenvalue weighted by Gasteiger charge is -2.19. The third kappa shape index (κ3) is 9.34. The van der Waals surface area contributed by atoms with Gasteiger partial charge in [0.15, 0.2) is 23.1 Å². The maximum absolute atomic E-state index is 14.1. The summed E-state index contributed by atoms with van der Waals surface area (Å²) in [6.07, 6.45) is 24.8. The number of hydrogen-bond donors (Lipinski definition) is 3. The zero-order valence-electron chi connectivity index (χ0n) is 30.7. The van der Waals surface area contributed by atoms with E-state index in [0.29, 0.717) is 35.8 Å². The maximum atomic E-state index is 14.1. The van der Waals surface area contributed by atoms with Crippen LogP contribution in [-0.4, -0.2) is 62.0 Å². The fourth-order valence-electron chi connectivity index (χ4n) is 6.48. The number of carbonyl (C=O) groups excluding carboxylic acids is 4. The molecule has 0 fully saturated rings. The Balaban J connectivity index is 1.64. The summed E-state index contributed by atoms with van der Waals surface area (Å²) in [5.41, 5.74) is -1.32. The second-order valence-corrected chi connectivity index (χ2v) is 18.3. The Morgan fingerprint density at radius 2 is 0.845 bits per heavy atom. The van der Waals surface area contributed by atoms with Crippen LogP contribution in [0.4, 0.5) is 0 Å². The van der Waals surface area contributed by atoms with Gasteiger partial charge in [-0.3, -0.25) is 32.8 Å². The van der Waals surface area contributed by atoms with Gasteiger partial charge in [-0.15, -0.1) is 0 Å². The number of allylic oxidation sites excluding steroid dienone is 29. The van der Waals surface area contributed by atoms with Crippen molar-refractivity contribution < 1.29 is 58.1 Å². The summed E-state index contributed by atoms with van der Waals surface area (Å²) in [6.45, 7) is 4.20. The number of carbonyl (C=O) groups is 4. The molecule has 3 N–H and O–H groups in total. The van der Waals surface area contributed by atoms with Crippen molar-refractivity contribution in [1.29, 1.82) is 0 Å². The summed E-state index contributed by atoms with van der Waals surface area (Å²) in [5.74, 6) is -3.45. The molecule has 0 aromatic rings. The highest BCUT2D eigenvalue weighted by atomic mass is 32.2. The predicted molar refractivity (Wildman–Crippen MR) is 215 cm³/mol. The Labute approximate surface area is 334 Å². The lowest BCUT2D eigenvalue weighted by Crippen LogP contribution is -2.19. The van der Waals surface area contributed by atoms with Crippen LogP contribution in [0.3, 0.4) is 0 Å². The molecule has 6 rings (SSSR count). The molecule has 0 saturated heterocycles. The van der Waals surface area contributed by atoms with Gasteiger partial charge in [-0.05, 0) is 109 Å². The second kappa shape index (κ2) is 15.9. The van der Waals surface area contributed by atoms with Gasteiger partial charge in [-0.2, -0.15) is 25.3 Å². The molecule has 6 aliphatic rings. The first kappa shape index (κ1) is 41.9. The van der Waals surface area contributed by atoms with Crippen LogP contribution in [0.5, 0.6) is 0 Å². The van der Waals surface area contributed by atoms with Crippen LogP contribution in [-0.2, 0) is 49.5 Å². The molecule has 13 nitrogen and oxygen atoms in total. The van der Waals surface area contributed by atoms with Crippen LogP contribution in [0.15, 0.2) is 185 Å². The molecular weight excluding hydrogens is 809 g/mol. The van der Waals surface area contributed by atoms with E-state index in [-0.39, 0.29) is 11.1 Å². The summed E-state index contributed by atoms with van der Waals surface area (Å²) in [6, 6.07) is 0. The van der Waals surface area contributed by atoms with Crippen molar-refractivity contribution in [2.24, 2.45) is 5.92 Å². The van der Waals surface area contributed by atoms with Gasteiger partial charge in [0.2, 0.25) is 0 Å². The van der Waals surface area contributed by atoms with Gasteiger partial charge in [0.25, 0.3) is 30.4 Å². The molecule has 6 aliphatic carbocycles. The largest absolute Gasteiger partial charge is 0.294 e. The van der Waals surface area contributed by atoms with Gasteiger partial charge in [0, 0.05) is 44.6 Å². The monoisotopic (exact) mass is 842 g/mol. The summed E-state index contributed by atoms with van der Waals surface area (Å²) in [5, 5.41) is 0. The Hall–Kier alpha value is -5.75. The van der Waals surface area contributed by atoms with Gasteiger partial charge < -0.3 is 0 Å². The van der Waals surface area contributed by atoms with Crippen molar-refractivity contribution in [1.82, 2.24) is 0 Å². The molecule has 0 amide bonds. The summed E-state index contributed by atoms with van der Waals surface area (Å²) < 4.78 is 104. The fourth-order valence-corrected chi connectivity index (χ4v) is 8.13. The Morgan fingerprint density at radius 1 is 0.483 bits per heavy atom. The third-order valence-corrected chi connectivity index (χ3v) is 12.0. The van der Waals surface area contributed by atoms with Crippen LogP contribution < -0.4 is 0 Å². The summed E-state index contributed by atoms with van der Waals surface area (Å²) in [4.78, 5) is 53.2. The Morgan fingerprint density at radius 3 is 1.24 bits per heavy atom. The lowest BCUT2D eigenvalue weighted by molar-refractivity contribution is -0.112. The van der Waals surface area contributed by atoms with Gasteiger partial charge in [0.05, 0.1) is 14.7 Å². The van der Waals surface area contributed by atoms with E-state index in [4.69, 9.17) is 0 Å². The smallest absolute Gasteiger partial charge is 0.289 e. The molecule has 0 spiro atoms. The van der Waals surface area contributed by atoms with E-state index >= 15 is 0 Å². The van der Waals surface area contributed by atoms with E-state index in [2.05, 4.69) is 13.8 Å². The van der Waals surface area contributed by atoms with E-state index in [1.54, 1.807) is 12.2 Å². The number of fused-ring (bicyclic) bond motifs is 8. The lowest BCUT2D eigenvalue weighted by atomic mass is 9.85. The third-order valence-electron chi connectivity index (χ3n) is 9.51. The SMILES string of the molecule is CC(C)/C1=C/C=C(/C=C/C2=CC3=CC4=CC(S(=O)(=O)O)=CC(=CC5=CC(S(=O)(=O)O)=CC(=CC6=CC(S(=O)(=O)O)=CC(=CC(=C2)C3=O)C6=O)C5=O)C4=O)\C=C/CCC1. The standard InChI is InChI=1S/C42H34O13S3/c1-24(2)27-7-5-3-4-6-25(10-11-27)8-9-26-12-28-14-30-18-36(56(47,48)49)20-32(40(30)44)16-34-22-38(58(53,54)55)23-35(42(34)46)17-33-21-37(57(50,51)52)19-31(41(33)45)15-29(13-26)39(28)43/h4,6,8-24H,3,5,7H2,1-2H3,(H,47,48,49)(H,50,51,52)(H,53,54,55)/b6-4-,9-8+,25-10+,27-11+,28-14?,29-15?,30-14?,31-15?,32-16?,33-17?,34-16?,35-17?. The van der Waals surface area contributed by atoms with E-state index in [1.807, 2.05) is 24.3 Å². The number of rotatable bonds is 6. The molecule has 0 aliphatic heterocycles. The first-order valence-corrected chi connectivity index (χ1v) is 21.9. The average Bonchev–Trinajstić information content (AvgIpc) is 3.24. The molecule has 0 aromatic heterocycles. The molecule has 0 atom stereocenters. The fraction of sp³-hybridized carbons (Fsp3) is 0.143. The quantitative estimate of drug-likeness (QED) is 0.269. The van der Waals surface area contributed by atoms with E-state index < -0.39 is 102 Å². The van der Waals surface area contributed by atoms with E-state index in [9.17, 15) is 58.1 Å².